The second-order valence-corrected chi connectivity index (χ2v) is 5.66. The minimum absolute atomic E-state index is 0.00177. The third-order valence-corrected chi connectivity index (χ3v) is 3.78. The smallest absolute Gasteiger partial charge is 0.343 e. The molecule has 0 atom stereocenters. The zero-order valence-electron chi connectivity index (χ0n) is 14.8. The molecule has 0 aliphatic carbocycles. The van der Waals surface area contributed by atoms with Crippen LogP contribution in [0.25, 0.3) is 0 Å². The highest BCUT2D eigenvalue weighted by molar-refractivity contribution is 6.11. The van der Waals surface area contributed by atoms with Gasteiger partial charge in [-0.3, -0.25) is 4.79 Å². The molecule has 0 amide bonds. The molecule has 3 rings (SSSR count). The van der Waals surface area contributed by atoms with Crippen LogP contribution in [-0.2, 0) is 4.74 Å². The van der Waals surface area contributed by atoms with Crippen molar-refractivity contribution >= 4 is 11.8 Å². The van der Waals surface area contributed by atoms with Crippen molar-refractivity contribution in [1.29, 1.82) is 0 Å². The molecule has 0 saturated heterocycles. The number of hydrogen-bond acceptors (Lipinski definition) is 5. The molecule has 0 spiro atoms. The zero-order chi connectivity index (χ0) is 19.1. The molecule has 5 heteroatoms. The Morgan fingerprint density at radius 3 is 2.07 bits per heavy atom. The fraction of sp³-hybridized carbons (Fsp3) is 0.0909. The van der Waals surface area contributed by atoms with E-state index in [1.165, 1.54) is 13.2 Å². The number of ketones is 1. The fourth-order valence-corrected chi connectivity index (χ4v) is 2.48. The van der Waals surface area contributed by atoms with Crippen molar-refractivity contribution in [2.24, 2.45) is 0 Å². The number of rotatable bonds is 7. The molecule has 0 aliphatic rings. The minimum atomic E-state index is -0.501. The Balaban J connectivity index is 1.90. The van der Waals surface area contributed by atoms with Gasteiger partial charge in [0.05, 0.1) is 11.1 Å². The first kappa shape index (κ1) is 18.4. The fourth-order valence-electron chi connectivity index (χ4n) is 2.48. The molecule has 5 nitrogen and oxygen atoms in total. The lowest BCUT2D eigenvalue weighted by atomic mass is 10.0. The van der Waals surface area contributed by atoms with Crippen LogP contribution >= 0.6 is 0 Å². The summed E-state index contributed by atoms with van der Waals surface area (Å²) in [6.45, 7) is -0.00177. The van der Waals surface area contributed by atoms with Crippen molar-refractivity contribution < 1.29 is 23.8 Å². The molecule has 0 heterocycles. The van der Waals surface area contributed by atoms with Gasteiger partial charge in [0.2, 0.25) is 0 Å². The summed E-state index contributed by atoms with van der Waals surface area (Å²) in [6, 6.07) is 22.1. The molecule has 0 N–H and O–H groups in total. The van der Waals surface area contributed by atoms with Crippen LogP contribution < -0.4 is 9.47 Å². The van der Waals surface area contributed by atoms with Crippen molar-refractivity contribution in [2.75, 3.05) is 13.9 Å². The Kier molecular flexibility index (Phi) is 5.97. The third kappa shape index (κ3) is 4.59. The topological polar surface area (TPSA) is 61.8 Å². The van der Waals surface area contributed by atoms with Gasteiger partial charge in [-0.2, -0.15) is 0 Å². The number of esters is 1. The molecule has 0 saturated carbocycles. The summed E-state index contributed by atoms with van der Waals surface area (Å²) in [6.07, 6.45) is 0. The van der Waals surface area contributed by atoms with Crippen LogP contribution in [0.4, 0.5) is 0 Å². The van der Waals surface area contributed by atoms with Gasteiger partial charge in [0, 0.05) is 12.7 Å². The lowest BCUT2D eigenvalue weighted by Gasteiger charge is -2.12. The normalized spacial score (nSPS) is 10.3. The number of benzene rings is 3. The van der Waals surface area contributed by atoms with Crippen LogP contribution in [0.15, 0.2) is 78.9 Å². The van der Waals surface area contributed by atoms with Gasteiger partial charge in [0.15, 0.2) is 12.6 Å². The van der Waals surface area contributed by atoms with Gasteiger partial charge in [-0.15, -0.1) is 0 Å². The van der Waals surface area contributed by atoms with Gasteiger partial charge in [-0.25, -0.2) is 4.79 Å². The van der Waals surface area contributed by atoms with Crippen molar-refractivity contribution in [1.82, 2.24) is 0 Å². The van der Waals surface area contributed by atoms with Crippen LogP contribution in [0.1, 0.15) is 26.3 Å². The Morgan fingerprint density at radius 2 is 1.44 bits per heavy atom. The van der Waals surface area contributed by atoms with Crippen molar-refractivity contribution in [3.63, 3.8) is 0 Å². The molecule has 0 aromatic heterocycles. The van der Waals surface area contributed by atoms with Crippen LogP contribution in [0.5, 0.6) is 11.5 Å². The number of ether oxygens (including phenoxy) is 3. The standard InChI is InChI=1S/C22H18O5/c1-25-15-26-20-13-12-18(27-22(24)17-10-6-3-7-11-17)14-19(20)21(23)16-8-4-2-5-9-16/h2-14H,15H2,1H3. The van der Waals surface area contributed by atoms with Crippen LogP contribution in [0.2, 0.25) is 0 Å². The second kappa shape index (κ2) is 8.78. The molecule has 27 heavy (non-hydrogen) atoms. The quantitative estimate of drug-likeness (QED) is 0.274. The van der Waals surface area contributed by atoms with Crippen LogP contribution in [-0.4, -0.2) is 25.7 Å². The summed E-state index contributed by atoms with van der Waals surface area (Å²) in [5, 5.41) is 0. The maximum atomic E-state index is 12.9. The summed E-state index contributed by atoms with van der Waals surface area (Å²) >= 11 is 0. The number of hydrogen-bond donors (Lipinski definition) is 0. The van der Waals surface area contributed by atoms with E-state index in [1.807, 2.05) is 12.1 Å². The average molecular weight is 362 g/mol. The second-order valence-electron chi connectivity index (χ2n) is 5.66. The van der Waals surface area contributed by atoms with E-state index in [1.54, 1.807) is 60.7 Å². The predicted octanol–water partition coefficient (Wildman–Crippen LogP) is 4.12. The highest BCUT2D eigenvalue weighted by Crippen LogP contribution is 2.27. The van der Waals surface area contributed by atoms with E-state index in [-0.39, 0.29) is 23.9 Å². The summed E-state index contributed by atoms with van der Waals surface area (Å²) < 4.78 is 15.8. The SMILES string of the molecule is COCOc1ccc(OC(=O)c2ccccc2)cc1C(=O)c1ccccc1. The van der Waals surface area contributed by atoms with Gasteiger partial charge in [-0.1, -0.05) is 48.5 Å². The highest BCUT2D eigenvalue weighted by atomic mass is 16.7. The lowest BCUT2D eigenvalue weighted by molar-refractivity contribution is 0.0502. The lowest BCUT2D eigenvalue weighted by Crippen LogP contribution is -2.11. The zero-order valence-corrected chi connectivity index (χ0v) is 14.8. The molecule has 0 radical (unpaired) electrons. The van der Waals surface area contributed by atoms with E-state index in [2.05, 4.69) is 0 Å². The number of carbonyl (C=O) groups excluding carboxylic acids is 2. The number of methoxy groups -OCH3 is 1. The molecule has 136 valence electrons. The van der Waals surface area contributed by atoms with E-state index in [4.69, 9.17) is 14.2 Å². The van der Waals surface area contributed by atoms with Crippen LogP contribution in [0, 0.1) is 0 Å². The minimum Gasteiger partial charge on any atom is -0.467 e. The molecule has 0 unspecified atom stereocenters. The van der Waals surface area contributed by atoms with Crippen molar-refractivity contribution in [3.8, 4) is 11.5 Å². The summed E-state index contributed by atoms with van der Waals surface area (Å²) in [5.74, 6) is -0.128. The Labute approximate surface area is 157 Å². The Bertz CT molecular complexity index is 920. The largest absolute Gasteiger partial charge is 0.467 e. The third-order valence-electron chi connectivity index (χ3n) is 3.78. The molecule has 0 bridgehead atoms. The summed E-state index contributed by atoms with van der Waals surface area (Å²) in [5.41, 5.74) is 1.22. The van der Waals surface area contributed by atoms with E-state index >= 15 is 0 Å². The van der Waals surface area contributed by atoms with E-state index in [0.717, 1.165) is 0 Å². The van der Waals surface area contributed by atoms with Gasteiger partial charge in [0.25, 0.3) is 0 Å². The molecule has 0 fully saturated rings. The van der Waals surface area contributed by atoms with Crippen LogP contribution in [0.3, 0.4) is 0 Å². The van der Waals surface area contributed by atoms with Gasteiger partial charge in [-0.05, 0) is 30.3 Å². The van der Waals surface area contributed by atoms with Gasteiger partial charge in [0.1, 0.15) is 11.5 Å². The van der Waals surface area contributed by atoms with E-state index in [0.29, 0.717) is 16.9 Å². The first-order chi connectivity index (χ1) is 13.2. The van der Waals surface area contributed by atoms with E-state index in [9.17, 15) is 9.59 Å². The monoisotopic (exact) mass is 362 g/mol. The first-order valence-electron chi connectivity index (χ1n) is 8.32. The predicted molar refractivity (Wildman–Crippen MR) is 100 cm³/mol. The molecule has 0 aliphatic heterocycles. The van der Waals surface area contributed by atoms with Crippen molar-refractivity contribution in [2.45, 2.75) is 0 Å². The highest BCUT2D eigenvalue weighted by Gasteiger charge is 2.17. The first-order valence-corrected chi connectivity index (χ1v) is 8.32. The Hall–Kier alpha value is -3.44. The molecule has 3 aromatic rings. The average Bonchev–Trinajstić information content (AvgIpc) is 2.73. The van der Waals surface area contributed by atoms with Gasteiger partial charge < -0.3 is 14.2 Å². The van der Waals surface area contributed by atoms with E-state index < -0.39 is 5.97 Å². The Morgan fingerprint density at radius 1 is 0.815 bits per heavy atom. The molecular weight excluding hydrogens is 344 g/mol. The summed E-state index contributed by atoms with van der Waals surface area (Å²) in [7, 11) is 1.49. The molecular formula is C22H18O5. The molecule has 3 aromatic carbocycles. The maximum absolute atomic E-state index is 12.9. The van der Waals surface area contributed by atoms with Gasteiger partial charge >= 0.3 is 5.97 Å². The summed E-state index contributed by atoms with van der Waals surface area (Å²) in [4.78, 5) is 25.1. The number of carbonyl (C=O) groups is 2. The maximum Gasteiger partial charge on any atom is 0.343 e. The van der Waals surface area contributed by atoms with Crippen molar-refractivity contribution in [3.05, 3.63) is 95.6 Å².